The lowest BCUT2D eigenvalue weighted by molar-refractivity contribution is 0.311. The summed E-state index contributed by atoms with van der Waals surface area (Å²) < 4.78 is 0. The minimum atomic E-state index is 0.101. The number of anilines is 3. The Morgan fingerprint density at radius 2 is 1.80 bits per heavy atom. The monoisotopic (exact) mass is 271 g/mol. The van der Waals surface area contributed by atoms with E-state index in [0.717, 1.165) is 28.2 Å². The van der Waals surface area contributed by atoms with Crippen molar-refractivity contribution in [3.05, 3.63) is 42.5 Å². The predicted octanol–water partition coefficient (Wildman–Crippen LogP) is 2.41. The number of aliphatic hydroxyl groups is 1. The first kappa shape index (κ1) is 14.2. The molecular formula is C16H21N3O. The molecular weight excluding hydrogens is 250 g/mol. The molecule has 0 aromatic heterocycles. The second-order valence-electron chi connectivity index (χ2n) is 4.90. The van der Waals surface area contributed by atoms with Crippen molar-refractivity contribution < 1.29 is 5.11 Å². The van der Waals surface area contributed by atoms with Crippen LogP contribution in [-0.2, 0) is 0 Å². The third-order valence-corrected chi connectivity index (χ3v) is 3.17. The van der Waals surface area contributed by atoms with Crippen molar-refractivity contribution in [1.82, 2.24) is 0 Å². The van der Waals surface area contributed by atoms with Crippen LogP contribution in [-0.4, -0.2) is 32.4 Å². The quantitative estimate of drug-likeness (QED) is 0.731. The van der Waals surface area contributed by atoms with E-state index in [-0.39, 0.29) is 6.61 Å². The van der Waals surface area contributed by atoms with Crippen LogP contribution in [0, 0.1) is 0 Å². The first-order chi connectivity index (χ1) is 9.61. The maximum absolute atomic E-state index is 8.95. The molecule has 0 amide bonds. The summed E-state index contributed by atoms with van der Waals surface area (Å²) >= 11 is 0. The largest absolute Gasteiger partial charge is 0.399 e. The molecule has 4 nitrogen and oxygen atoms in total. The number of nitrogens with zero attached hydrogens (tertiary/aromatic N) is 1. The van der Waals surface area contributed by atoms with Crippen LogP contribution in [0.15, 0.2) is 42.5 Å². The van der Waals surface area contributed by atoms with E-state index in [9.17, 15) is 0 Å². The van der Waals surface area contributed by atoms with Crippen LogP contribution in [0.5, 0.6) is 0 Å². The number of aliphatic hydroxyl groups excluding tert-OH is 1. The highest BCUT2D eigenvalue weighted by Crippen LogP contribution is 2.31. The third-order valence-electron chi connectivity index (χ3n) is 3.17. The summed E-state index contributed by atoms with van der Waals surface area (Å²) in [5, 5.41) is 12.2. The number of nitrogen functional groups attached to an aromatic ring is 1. The van der Waals surface area contributed by atoms with E-state index in [1.807, 2.05) is 32.3 Å². The molecule has 0 radical (unpaired) electrons. The number of rotatable bonds is 5. The summed E-state index contributed by atoms with van der Waals surface area (Å²) in [4.78, 5) is 2.06. The molecule has 4 heteroatoms. The predicted molar refractivity (Wildman–Crippen MR) is 86.2 cm³/mol. The molecule has 0 saturated carbocycles. The van der Waals surface area contributed by atoms with Gasteiger partial charge in [0.1, 0.15) is 0 Å². The number of benzene rings is 2. The topological polar surface area (TPSA) is 61.5 Å². The fourth-order valence-corrected chi connectivity index (χ4v) is 2.08. The van der Waals surface area contributed by atoms with Gasteiger partial charge in [0, 0.05) is 43.3 Å². The molecule has 0 aliphatic carbocycles. The van der Waals surface area contributed by atoms with Crippen LogP contribution in [0.4, 0.5) is 17.1 Å². The van der Waals surface area contributed by atoms with Gasteiger partial charge in [-0.05, 0) is 35.9 Å². The van der Waals surface area contributed by atoms with Crippen molar-refractivity contribution in [1.29, 1.82) is 0 Å². The van der Waals surface area contributed by atoms with Crippen molar-refractivity contribution in [3.63, 3.8) is 0 Å². The maximum Gasteiger partial charge on any atom is 0.0604 e. The van der Waals surface area contributed by atoms with Crippen LogP contribution >= 0.6 is 0 Å². The van der Waals surface area contributed by atoms with Crippen LogP contribution < -0.4 is 16.0 Å². The summed E-state index contributed by atoms with van der Waals surface area (Å²) in [6.45, 7) is 0.621. The van der Waals surface area contributed by atoms with E-state index in [1.165, 1.54) is 0 Å². The van der Waals surface area contributed by atoms with Crippen molar-refractivity contribution in [2.24, 2.45) is 0 Å². The molecule has 4 N–H and O–H groups in total. The zero-order valence-corrected chi connectivity index (χ0v) is 11.9. The lowest BCUT2D eigenvalue weighted by atomic mass is 10.0. The Balaban J connectivity index is 2.37. The first-order valence-corrected chi connectivity index (χ1v) is 6.64. The highest BCUT2D eigenvalue weighted by atomic mass is 16.3. The van der Waals surface area contributed by atoms with Gasteiger partial charge in [0.2, 0.25) is 0 Å². The molecule has 0 fully saturated rings. The highest BCUT2D eigenvalue weighted by Gasteiger charge is 2.06. The van der Waals surface area contributed by atoms with E-state index < -0.39 is 0 Å². The van der Waals surface area contributed by atoms with Crippen molar-refractivity contribution in [2.75, 3.05) is 43.2 Å². The Hall–Kier alpha value is -2.20. The molecule has 2 aromatic carbocycles. The normalized spacial score (nSPS) is 10.3. The van der Waals surface area contributed by atoms with Crippen LogP contribution in [0.1, 0.15) is 0 Å². The van der Waals surface area contributed by atoms with Crippen molar-refractivity contribution >= 4 is 17.1 Å². The van der Waals surface area contributed by atoms with E-state index in [1.54, 1.807) is 0 Å². The van der Waals surface area contributed by atoms with Gasteiger partial charge >= 0.3 is 0 Å². The second-order valence-corrected chi connectivity index (χ2v) is 4.90. The summed E-state index contributed by atoms with van der Waals surface area (Å²) in [6, 6.07) is 14.1. The minimum Gasteiger partial charge on any atom is -0.399 e. The summed E-state index contributed by atoms with van der Waals surface area (Å²) in [5.74, 6) is 0. The van der Waals surface area contributed by atoms with Crippen molar-refractivity contribution in [3.8, 4) is 11.1 Å². The van der Waals surface area contributed by atoms with Gasteiger partial charge in [-0.2, -0.15) is 0 Å². The Kier molecular flexibility index (Phi) is 4.48. The molecule has 0 unspecified atom stereocenters. The number of nitrogens with one attached hydrogen (secondary N) is 1. The van der Waals surface area contributed by atoms with E-state index >= 15 is 0 Å². The Labute approximate surface area is 119 Å². The van der Waals surface area contributed by atoms with Gasteiger partial charge in [-0.1, -0.05) is 12.1 Å². The van der Waals surface area contributed by atoms with Crippen LogP contribution in [0.3, 0.4) is 0 Å². The Morgan fingerprint density at radius 1 is 1.10 bits per heavy atom. The standard InChI is InChI=1S/C16H21N3O/c1-19(2)14-6-3-12(4-7-14)15-11-13(17)5-8-16(15)18-9-10-20/h3-8,11,18,20H,9-10,17H2,1-2H3. The minimum absolute atomic E-state index is 0.101. The number of hydrogen-bond acceptors (Lipinski definition) is 4. The van der Waals surface area contributed by atoms with Crippen molar-refractivity contribution in [2.45, 2.75) is 0 Å². The smallest absolute Gasteiger partial charge is 0.0604 e. The van der Waals surface area contributed by atoms with Gasteiger partial charge in [0.25, 0.3) is 0 Å². The molecule has 0 aliphatic heterocycles. The average Bonchev–Trinajstić information content (AvgIpc) is 2.46. The fraction of sp³-hybridized carbons (Fsp3) is 0.250. The summed E-state index contributed by atoms with van der Waals surface area (Å²) in [7, 11) is 4.04. The molecule has 0 spiro atoms. The molecule has 20 heavy (non-hydrogen) atoms. The molecule has 106 valence electrons. The summed E-state index contributed by atoms with van der Waals surface area (Å²) in [5.41, 5.74) is 10.9. The second kappa shape index (κ2) is 6.30. The highest BCUT2D eigenvalue weighted by molar-refractivity contribution is 5.81. The molecule has 2 aromatic rings. The van der Waals surface area contributed by atoms with Crippen LogP contribution in [0.2, 0.25) is 0 Å². The van der Waals surface area contributed by atoms with E-state index in [2.05, 4.69) is 34.5 Å². The lowest BCUT2D eigenvalue weighted by Crippen LogP contribution is -2.08. The average molecular weight is 271 g/mol. The van der Waals surface area contributed by atoms with Crippen LogP contribution in [0.25, 0.3) is 11.1 Å². The van der Waals surface area contributed by atoms with Gasteiger partial charge in [0.05, 0.1) is 6.61 Å². The Morgan fingerprint density at radius 3 is 2.40 bits per heavy atom. The number of nitrogens with two attached hydrogens (primary N) is 1. The maximum atomic E-state index is 8.95. The molecule has 2 rings (SSSR count). The molecule has 0 atom stereocenters. The lowest BCUT2D eigenvalue weighted by Gasteiger charge is -2.15. The molecule has 0 saturated heterocycles. The Bertz CT molecular complexity index is 564. The molecule has 0 bridgehead atoms. The SMILES string of the molecule is CN(C)c1ccc(-c2cc(N)ccc2NCCO)cc1. The van der Waals surface area contributed by atoms with E-state index in [0.29, 0.717) is 6.54 Å². The zero-order chi connectivity index (χ0) is 14.5. The fourth-order valence-electron chi connectivity index (χ4n) is 2.08. The first-order valence-electron chi connectivity index (χ1n) is 6.64. The zero-order valence-electron chi connectivity index (χ0n) is 11.9. The number of hydrogen-bond donors (Lipinski definition) is 3. The summed E-state index contributed by atoms with van der Waals surface area (Å²) in [6.07, 6.45) is 0. The van der Waals surface area contributed by atoms with E-state index in [4.69, 9.17) is 10.8 Å². The van der Waals surface area contributed by atoms with Gasteiger partial charge in [-0.25, -0.2) is 0 Å². The third kappa shape index (κ3) is 3.22. The van der Waals surface area contributed by atoms with Gasteiger partial charge < -0.3 is 21.1 Å². The van der Waals surface area contributed by atoms with Gasteiger partial charge in [0.15, 0.2) is 0 Å². The molecule has 0 heterocycles. The molecule has 0 aliphatic rings. The van der Waals surface area contributed by atoms with Gasteiger partial charge in [-0.15, -0.1) is 0 Å². The van der Waals surface area contributed by atoms with Gasteiger partial charge in [-0.3, -0.25) is 0 Å².